The maximum absolute atomic E-state index is 8.81. The molecule has 0 aliphatic carbocycles. The maximum atomic E-state index is 8.81. The van der Waals surface area contributed by atoms with E-state index in [0.717, 1.165) is 0 Å². The fourth-order valence-electron chi connectivity index (χ4n) is 1.13. The Morgan fingerprint density at radius 2 is 2.29 bits per heavy atom. The molecule has 0 spiro atoms. The smallest absolute Gasteiger partial charge is 0.176 e. The Morgan fingerprint density at radius 1 is 1.57 bits per heavy atom. The summed E-state index contributed by atoms with van der Waals surface area (Å²) in [6, 6.07) is 3.83. The van der Waals surface area contributed by atoms with Gasteiger partial charge in [0.25, 0.3) is 0 Å². The van der Waals surface area contributed by atoms with Gasteiger partial charge in [-0.05, 0) is 12.5 Å². The molecule has 1 rings (SSSR count). The zero-order valence-electron chi connectivity index (χ0n) is 7.94. The van der Waals surface area contributed by atoms with Crippen molar-refractivity contribution < 1.29 is 0 Å². The van der Waals surface area contributed by atoms with Crippen molar-refractivity contribution in [2.75, 3.05) is 6.54 Å². The average Bonchev–Trinajstić information content (AvgIpc) is 2.59. The predicted octanol–water partition coefficient (Wildman–Crippen LogP) is 0.221. The molecule has 1 aromatic heterocycles. The van der Waals surface area contributed by atoms with Gasteiger partial charge < -0.3 is 10.3 Å². The number of nitrogens with two attached hydrogens (primary N) is 1. The Morgan fingerprint density at radius 3 is 2.79 bits per heavy atom. The SMILES string of the molecule is CC(CN)Cn1cnc(C#N)c1C#N. The van der Waals surface area contributed by atoms with Crippen LogP contribution >= 0.6 is 0 Å². The van der Waals surface area contributed by atoms with Crippen LogP contribution in [0.1, 0.15) is 18.3 Å². The van der Waals surface area contributed by atoms with Crippen LogP contribution in [0.3, 0.4) is 0 Å². The second kappa shape index (κ2) is 4.40. The molecule has 1 atom stereocenters. The monoisotopic (exact) mass is 189 g/mol. The molecule has 0 saturated carbocycles. The Hall–Kier alpha value is -1.85. The third-order valence-electron chi connectivity index (χ3n) is 1.96. The van der Waals surface area contributed by atoms with E-state index in [1.165, 1.54) is 6.33 Å². The quantitative estimate of drug-likeness (QED) is 0.736. The first-order valence-corrected chi connectivity index (χ1v) is 4.28. The summed E-state index contributed by atoms with van der Waals surface area (Å²) in [5, 5.41) is 17.5. The Kier molecular flexibility index (Phi) is 3.22. The Labute approximate surface area is 82.4 Å². The lowest BCUT2D eigenvalue weighted by atomic mass is 10.2. The summed E-state index contributed by atoms with van der Waals surface area (Å²) in [7, 11) is 0. The van der Waals surface area contributed by atoms with Crippen LogP contribution in [0, 0.1) is 28.6 Å². The molecular formula is C9H11N5. The minimum absolute atomic E-state index is 0.178. The van der Waals surface area contributed by atoms with E-state index in [1.807, 2.05) is 19.1 Å². The van der Waals surface area contributed by atoms with Crippen molar-refractivity contribution in [2.24, 2.45) is 11.7 Å². The summed E-state index contributed by atoms with van der Waals surface area (Å²) in [5.41, 5.74) is 5.96. The first-order valence-electron chi connectivity index (χ1n) is 4.28. The molecule has 1 unspecified atom stereocenters. The van der Waals surface area contributed by atoms with Crippen LogP contribution in [-0.4, -0.2) is 16.1 Å². The lowest BCUT2D eigenvalue weighted by Crippen LogP contribution is -2.17. The van der Waals surface area contributed by atoms with E-state index in [0.29, 0.717) is 18.8 Å². The molecule has 0 bridgehead atoms. The van der Waals surface area contributed by atoms with Gasteiger partial charge in [-0.3, -0.25) is 0 Å². The molecule has 5 heteroatoms. The van der Waals surface area contributed by atoms with Gasteiger partial charge in [0.05, 0.1) is 6.33 Å². The van der Waals surface area contributed by atoms with Crippen LogP contribution in [0.4, 0.5) is 0 Å². The molecule has 5 nitrogen and oxygen atoms in total. The van der Waals surface area contributed by atoms with Crippen molar-refractivity contribution in [3.05, 3.63) is 17.7 Å². The number of rotatable bonds is 3. The van der Waals surface area contributed by atoms with Crippen molar-refractivity contribution in [1.29, 1.82) is 10.5 Å². The molecule has 0 fully saturated rings. The highest BCUT2D eigenvalue weighted by atomic mass is 15.1. The van der Waals surface area contributed by atoms with Crippen LogP contribution < -0.4 is 5.73 Å². The predicted molar refractivity (Wildman–Crippen MR) is 49.9 cm³/mol. The minimum Gasteiger partial charge on any atom is -0.330 e. The van der Waals surface area contributed by atoms with Gasteiger partial charge in [-0.2, -0.15) is 10.5 Å². The standard InChI is InChI=1S/C9H11N5/c1-7(2-10)5-14-6-13-8(3-11)9(14)4-12/h6-7H,2,5,10H2,1H3. The van der Waals surface area contributed by atoms with Gasteiger partial charge in [0.1, 0.15) is 12.1 Å². The molecule has 0 amide bonds. The minimum atomic E-state index is 0.178. The lowest BCUT2D eigenvalue weighted by Gasteiger charge is -2.09. The first-order chi connectivity index (χ1) is 6.72. The van der Waals surface area contributed by atoms with Gasteiger partial charge in [0, 0.05) is 6.54 Å². The number of nitriles is 2. The molecule has 1 aromatic rings. The van der Waals surface area contributed by atoms with E-state index in [4.69, 9.17) is 16.3 Å². The summed E-state index contributed by atoms with van der Waals surface area (Å²) < 4.78 is 1.66. The fourth-order valence-corrected chi connectivity index (χ4v) is 1.13. The molecule has 0 saturated heterocycles. The highest BCUT2D eigenvalue weighted by Crippen LogP contribution is 2.07. The first kappa shape index (κ1) is 10.2. The molecule has 0 aliphatic heterocycles. The van der Waals surface area contributed by atoms with Gasteiger partial charge in [0.2, 0.25) is 0 Å². The zero-order valence-corrected chi connectivity index (χ0v) is 7.94. The Bertz CT molecular complexity index is 392. The number of imidazole rings is 1. The number of nitrogens with zero attached hydrogens (tertiary/aromatic N) is 4. The van der Waals surface area contributed by atoms with E-state index < -0.39 is 0 Å². The molecule has 2 N–H and O–H groups in total. The molecular weight excluding hydrogens is 178 g/mol. The van der Waals surface area contributed by atoms with Crippen molar-refractivity contribution in [1.82, 2.24) is 9.55 Å². The summed E-state index contributed by atoms with van der Waals surface area (Å²) in [6.07, 6.45) is 1.50. The van der Waals surface area contributed by atoms with E-state index in [9.17, 15) is 0 Å². The van der Waals surface area contributed by atoms with E-state index in [-0.39, 0.29) is 11.6 Å². The largest absolute Gasteiger partial charge is 0.330 e. The van der Waals surface area contributed by atoms with Crippen LogP contribution in [0.5, 0.6) is 0 Å². The van der Waals surface area contributed by atoms with Gasteiger partial charge in [0.15, 0.2) is 11.4 Å². The number of hydrogen-bond donors (Lipinski definition) is 1. The van der Waals surface area contributed by atoms with Crippen molar-refractivity contribution in [3.8, 4) is 12.1 Å². The van der Waals surface area contributed by atoms with Crippen molar-refractivity contribution in [3.63, 3.8) is 0 Å². The summed E-state index contributed by atoms with van der Waals surface area (Å²) in [4.78, 5) is 3.83. The van der Waals surface area contributed by atoms with Gasteiger partial charge in [-0.15, -0.1) is 0 Å². The third-order valence-corrected chi connectivity index (χ3v) is 1.96. The van der Waals surface area contributed by atoms with Crippen LogP contribution in [0.2, 0.25) is 0 Å². The summed E-state index contributed by atoms with van der Waals surface area (Å²) >= 11 is 0. The Balaban J connectivity index is 2.95. The van der Waals surface area contributed by atoms with Gasteiger partial charge >= 0.3 is 0 Å². The molecule has 14 heavy (non-hydrogen) atoms. The van der Waals surface area contributed by atoms with Crippen molar-refractivity contribution >= 4 is 0 Å². The highest BCUT2D eigenvalue weighted by molar-refractivity contribution is 5.35. The van der Waals surface area contributed by atoms with E-state index in [1.54, 1.807) is 4.57 Å². The summed E-state index contributed by atoms with van der Waals surface area (Å²) in [5.74, 6) is 0.267. The van der Waals surface area contributed by atoms with E-state index in [2.05, 4.69) is 4.98 Å². The zero-order chi connectivity index (χ0) is 10.6. The maximum Gasteiger partial charge on any atom is 0.176 e. The summed E-state index contributed by atoms with van der Waals surface area (Å²) in [6.45, 7) is 3.15. The van der Waals surface area contributed by atoms with Crippen molar-refractivity contribution in [2.45, 2.75) is 13.5 Å². The third kappa shape index (κ3) is 1.90. The number of aromatic nitrogens is 2. The van der Waals surface area contributed by atoms with E-state index >= 15 is 0 Å². The second-order valence-electron chi connectivity index (χ2n) is 3.16. The second-order valence-corrected chi connectivity index (χ2v) is 3.16. The molecule has 72 valence electrons. The fraction of sp³-hybridized carbons (Fsp3) is 0.444. The van der Waals surface area contributed by atoms with Crippen LogP contribution in [0.25, 0.3) is 0 Å². The molecule has 0 aromatic carbocycles. The molecule has 1 heterocycles. The normalized spacial score (nSPS) is 11.7. The average molecular weight is 189 g/mol. The number of hydrogen-bond acceptors (Lipinski definition) is 4. The molecule has 0 aliphatic rings. The van der Waals surface area contributed by atoms with Crippen LogP contribution in [-0.2, 0) is 6.54 Å². The topological polar surface area (TPSA) is 91.4 Å². The van der Waals surface area contributed by atoms with Crippen LogP contribution in [0.15, 0.2) is 6.33 Å². The molecule has 0 radical (unpaired) electrons. The van der Waals surface area contributed by atoms with Gasteiger partial charge in [-0.25, -0.2) is 4.98 Å². The lowest BCUT2D eigenvalue weighted by molar-refractivity contribution is 0.489. The highest BCUT2D eigenvalue weighted by Gasteiger charge is 2.11. The van der Waals surface area contributed by atoms with Gasteiger partial charge in [-0.1, -0.05) is 6.92 Å².